The fourth-order valence-corrected chi connectivity index (χ4v) is 4.63. The van der Waals surface area contributed by atoms with E-state index < -0.39 is 0 Å². The molecule has 2 bridgehead atoms. The standard InChI is InChI=1S/C14H23N/c1-2-12-7-10(1)8-14(12,11-3-4-11)9-15-13-5-6-13/h10-13,15H,1-9H2. The second-order valence-electron chi connectivity index (χ2n) is 6.74. The summed E-state index contributed by atoms with van der Waals surface area (Å²) in [5.74, 6) is 3.36. The second kappa shape index (κ2) is 3.00. The van der Waals surface area contributed by atoms with Crippen LogP contribution in [0.15, 0.2) is 0 Å². The second-order valence-corrected chi connectivity index (χ2v) is 6.74. The van der Waals surface area contributed by atoms with E-state index in [2.05, 4.69) is 5.32 Å². The molecule has 15 heavy (non-hydrogen) atoms. The van der Waals surface area contributed by atoms with Crippen LogP contribution in [0.2, 0.25) is 0 Å². The Bertz CT molecular complexity index is 267. The van der Waals surface area contributed by atoms with Crippen LogP contribution in [0.25, 0.3) is 0 Å². The van der Waals surface area contributed by atoms with Crippen LogP contribution in [0.4, 0.5) is 0 Å². The summed E-state index contributed by atoms with van der Waals surface area (Å²) in [4.78, 5) is 0. The summed E-state index contributed by atoms with van der Waals surface area (Å²) < 4.78 is 0. The van der Waals surface area contributed by atoms with Crippen molar-refractivity contribution in [3.63, 3.8) is 0 Å². The molecule has 0 aromatic rings. The highest BCUT2D eigenvalue weighted by Crippen LogP contribution is 2.64. The van der Waals surface area contributed by atoms with Gasteiger partial charge in [0.1, 0.15) is 0 Å². The molecular weight excluding hydrogens is 182 g/mol. The molecule has 1 N–H and O–H groups in total. The molecule has 0 radical (unpaired) electrons. The zero-order chi connectivity index (χ0) is 9.88. The third-order valence-electron chi connectivity index (χ3n) is 5.71. The Morgan fingerprint density at radius 2 is 1.73 bits per heavy atom. The maximum absolute atomic E-state index is 3.85. The molecule has 4 aliphatic carbocycles. The third-order valence-corrected chi connectivity index (χ3v) is 5.71. The maximum Gasteiger partial charge on any atom is 0.00684 e. The number of fused-ring (bicyclic) bond motifs is 2. The summed E-state index contributed by atoms with van der Waals surface area (Å²) in [5, 5.41) is 3.85. The van der Waals surface area contributed by atoms with Crippen LogP contribution in [0.1, 0.15) is 51.4 Å². The minimum atomic E-state index is 0.783. The summed E-state index contributed by atoms with van der Waals surface area (Å²) in [6.45, 7) is 1.38. The number of hydrogen-bond acceptors (Lipinski definition) is 1. The van der Waals surface area contributed by atoms with Gasteiger partial charge >= 0.3 is 0 Å². The van der Waals surface area contributed by atoms with Gasteiger partial charge < -0.3 is 5.32 Å². The topological polar surface area (TPSA) is 12.0 Å². The lowest BCUT2D eigenvalue weighted by atomic mass is 9.69. The summed E-state index contributed by atoms with van der Waals surface area (Å²) in [6.07, 6.45) is 12.3. The minimum absolute atomic E-state index is 0.783. The highest BCUT2D eigenvalue weighted by atomic mass is 15.0. The van der Waals surface area contributed by atoms with Crippen LogP contribution < -0.4 is 5.32 Å². The van der Waals surface area contributed by atoms with Crippen LogP contribution in [-0.2, 0) is 0 Å². The molecule has 0 saturated heterocycles. The Hall–Kier alpha value is -0.0400. The van der Waals surface area contributed by atoms with E-state index in [0.29, 0.717) is 0 Å². The molecule has 0 aliphatic heterocycles. The molecule has 0 aromatic heterocycles. The van der Waals surface area contributed by atoms with Gasteiger partial charge in [0.2, 0.25) is 0 Å². The van der Waals surface area contributed by atoms with E-state index >= 15 is 0 Å². The van der Waals surface area contributed by atoms with Crippen molar-refractivity contribution in [2.24, 2.45) is 23.2 Å². The summed E-state index contributed by atoms with van der Waals surface area (Å²) in [7, 11) is 0. The lowest BCUT2D eigenvalue weighted by Gasteiger charge is -2.38. The number of hydrogen-bond donors (Lipinski definition) is 1. The predicted molar refractivity (Wildman–Crippen MR) is 61.6 cm³/mol. The van der Waals surface area contributed by atoms with Gasteiger partial charge in [-0.15, -0.1) is 0 Å². The third kappa shape index (κ3) is 1.39. The van der Waals surface area contributed by atoms with E-state index in [0.717, 1.165) is 29.2 Å². The molecule has 3 atom stereocenters. The van der Waals surface area contributed by atoms with Gasteiger partial charge in [0, 0.05) is 12.6 Å². The Morgan fingerprint density at radius 1 is 0.933 bits per heavy atom. The van der Waals surface area contributed by atoms with Gasteiger partial charge in [-0.25, -0.2) is 0 Å². The Labute approximate surface area is 93.0 Å². The van der Waals surface area contributed by atoms with Gasteiger partial charge in [-0.1, -0.05) is 6.42 Å². The lowest BCUT2D eigenvalue weighted by molar-refractivity contribution is 0.125. The molecule has 84 valence electrons. The van der Waals surface area contributed by atoms with Crippen LogP contribution in [0.5, 0.6) is 0 Å². The Morgan fingerprint density at radius 3 is 2.27 bits per heavy atom. The van der Waals surface area contributed by atoms with Crippen molar-refractivity contribution in [3.05, 3.63) is 0 Å². The molecular formula is C14H23N. The molecule has 0 heterocycles. The number of nitrogens with one attached hydrogen (secondary N) is 1. The number of rotatable bonds is 4. The molecule has 0 amide bonds. The van der Waals surface area contributed by atoms with E-state index in [1.165, 1.54) is 19.4 Å². The van der Waals surface area contributed by atoms with Gasteiger partial charge in [-0.05, 0) is 68.1 Å². The molecule has 4 fully saturated rings. The normalized spacial score (nSPS) is 48.8. The minimum Gasteiger partial charge on any atom is -0.313 e. The fraction of sp³-hybridized carbons (Fsp3) is 1.00. The SMILES string of the molecule is C1CC2CC1CC2(CNC1CC1)C1CC1. The maximum atomic E-state index is 3.85. The van der Waals surface area contributed by atoms with Crippen LogP contribution >= 0.6 is 0 Å². The van der Waals surface area contributed by atoms with Gasteiger partial charge in [-0.2, -0.15) is 0 Å². The van der Waals surface area contributed by atoms with Crippen molar-refractivity contribution in [1.29, 1.82) is 0 Å². The smallest absolute Gasteiger partial charge is 0.00684 e. The van der Waals surface area contributed by atoms with E-state index in [4.69, 9.17) is 0 Å². The molecule has 4 rings (SSSR count). The molecule has 4 saturated carbocycles. The predicted octanol–water partition coefficient (Wildman–Crippen LogP) is 2.95. The Kier molecular flexibility index (Phi) is 1.81. The average Bonchev–Trinajstić information content (AvgIpc) is 3.16. The summed E-state index contributed by atoms with van der Waals surface area (Å²) in [5.41, 5.74) is 0.783. The van der Waals surface area contributed by atoms with Crippen molar-refractivity contribution in [2.75, 3.05) is 6.54 Å². The zero-order valence-electron chi connectivity index (χ0n) is 9.67. The largest absolute Gasteiger partial charge is 0.313 e. The van der Waals surface area contributed by atoms with Crippen LogP contribution in [0, 0.1) is 23.2 Å². The van der Waals surface area contributed by atoms with E-state index in [1.54, 1.807) is 38.5 Å². The fourth-order valence-electron chi connectivity index (χ4n) is 4.63. The van der Waals surface area contributed by atoms with Gasteiger partial charge in [-0.3, -0.25) is 0 Å². The monoisotopic (exact) mass is 205 g/mol. The highest BCUT2D eigenvalue weighted by molar-refractivity contribution is 5.08. The average molecular weight is 205 g/mol. The first-order valence-electron chi connectivity index (χ1n) is 7.10. The highest BCUT2D eigenvalue weighted by Gasteiger charge is 2.57. The first-order valence-corrected chi connectivity index (χ1v) is 7.10. The zero-order valence-corrected chi connectivity index (χ0v) is 9.67. The molecule has 0 aromatic carbocycles. The van der Waals surface area contributed by atoms with Crippen molar-refractivity contribution in [1.82, 2.24) is 5.32 Å². The molecule has 3 unspecified atom stereocenters. The van der Waals surface area contributed by atoms with Gasteiger partial charge in [0.15, 0.2) is 0 Å². The van der Waals surface area contributed by atoms with Gasteiger partial charge in [0.25, 0.3) is 0 Å². The first-order chi connectivity index (χ1) is 7.37. The molecule has 0 spiro atoms. The lowest BCUT2D eigenvalue weighted by Crippen LogP contribution is -2.41. The van der Waals surface area contributed by atoms with Gasteiger partial charge in [0.05, 0.1) is 0 Å². The van der Waals surface area contributed by atoms with E-state index in [9.17, 15) is 0 Å². The molecule has 1 nitrogen and oxygen atoms in total. The summed E-state index contributed by atoms with van der Waals surface area (Å²) in [6, 6.07) is 0.916. The quantitative estimate of drug-likeness (QED) is 0.744. The van der Waals surface area contributed by atoms with Crippen LogP contribution in [0.3, 0.4) is 0 Å². The van der Waals surface area contributed by atoms with Crippen LogP contribution in [-0.4, -0.2) is 12.6 Å². The van der Waals surface area contributed by atoms with E-state index in [1.807, 2.05) is 0 Å². The molecule has 1 heteroatoms. The first kappa shape index (κ1) is 9.04. The summed E-state index contributed by atoms with van der Waals surface area (Å²) >= 11 is 0. The van der Waals surface area contributed by atoms with Crippen molar-refractivity contribution >= 4 is 0 Å². The Balaban J connectivity index is 1.51. The van der Waals surface area contributed by atoms with E-state index in [-0.39, 0.29) is 0 Å². The van der Waals surface area contributed by atoms with Crippen molar-refractivity contribution in [3.8, 4) is 0 Å². The molecule has 4 aliphatic rings. The van der Waals surface area contributed by atoms with Crippen molar-refractivity contribution < 1.29 is 0 Å². The van der Waals surface area contributed by atoms with Crippen molar-refractivity contribution in [2.45, 2.75) is 57.4 Å².